The van der Waals surface area contributed by atoms with Crippen molar-refractivity contribution in [2.75, 3.05) is 19.8 Å². The van der Waals surface area contributed by atoms with E-state index in [1.54, 1.807) is 0 Å². The van der Waals surface area contributed by atoms with Gasteiger partial charge in [0.05, 0.1) is 13.2 Å². The third-order valence-corrected chi connectivity index (χ3v) is 76.5. The van der Waals surface area contributed by atoms with E-state index in [1.165, 1.54) is 13.1 Å². The van der Waals surface area contributed by atoms with Gasteiger partial charge in [-0.1, -0.05) is 0 Å². The van der Waals surface area contributed by atoms with Gasteiger partial charge in [-0.05, 0) is 160 Å². The molecule has 0 amide bonds. The summed E-state index contributed by atoms with van der Waals surface area (Å²) < 4.78 is 456. The molecule has 0 saturated carbocycles. The van der Waals surface area contributed by atoms with Crippen LogP contribution in [-0.2, 0) is 91.8 Å². The van der Waals surface area contributed by atoms with Crippen LogP contribution in [0, 0.1) is 0 Å². The first-order chi connectivity index (χ1) is 45.2. The summed E-state index contributed by atoms with van der Waals surface area (Å²) in [4.78, 5) is 0. The Labute approximate surface area is 593 Å². The number of halogens is 21. The van der Waals surface area contributed by atoms with E-state index in [1.807, 2.05) is 0 Å². The summed E-state index contributed by atoms with van der Waals surface area (Å²) >= 11 is 0. The molecule has 0 aromatic heterocycles. The van der Waals surface area contributed by atoms with Crippen molar-refractivity contribution in [3.8, 4) is 0 Å². The Kier molecular flexibility index (Phi) is 28.1. The molecule has 22 nitrogen and oxygen atoms in total. The van der Waals surface area contributed by atoms with Gasteiger partial charge in [-0.25, -0.2) is 0 Å². The van der Waals surface area contributed by atoms with Crippen molar-refractivity contribution in [2.45, 2.75) is 254 Å². The summed E-state index contributed by atoms with van der Waals surface area (Å²) in [6, 6.07) is -7.94. The van der Waals surface area contributed by atoms with Gasteiger partial charge < -0.3 is 91.8 Å². The van der Waals surface area contributed by atoms with Crippen LogP contribution in [0.2, 0.25) is 153 Å². The number of alkyl halides is 21. The zero-order valence-electron chi connectivity index (χ0n) is 58.4. The standard InChI is InChI=1S/C43H87F21O22Si16/c1-87(2,26-17-25-65-34-36-35-66-36)67-95-75-96(68-88(3,4)27-18-37(44,45)46)78-99(71-91(9,10)30-21-40(53,54)55)80-97(76-95,69-89(5,6)28-19-38(47,48)49)82-101(73-93(13,14)32-23-42(59,60)61)83-98(77-95,70-90(7,8)29-20-39(50,51)52)81-100(79-96,72-92(11,12)31-22-41(56,57)58)85-102(84-99,86-101)74-94(15,16)33-24-43(62,63)64/h36H,17-35H2,1-16H3. The highest BCUT2D eigenvalue weighted by molar-refractivity contribution is 7.04. The quantitative estimate of drug-likeness (QED) is 0.0247. The highest BCUT2D eigenvalue weighted by Crippen LogP contribution is 2.55. The van der Waals surface area contributed by atoms with Gasteiger partial charge >= 0.3 is 116 Å². The molecular formula is C43H87F21O22Si16. The Morgan fingerprint density at radius 1 is 0.255 bits per heavy atom. The number of ether oxygens (including phenoxy) is 2. The Balaban J connectivity index is 1.95. The van der Waals surface area contributed by atoms with E-state index in [-0.39, 0.29) is 31.8 Å². The van der Waals surface area contributed by atoms with Crippen molar-refractivity contribution in [3.05, 3.63) is 0 Å². The third-order valence-electron chi connectivity index (χ3n) is 15.1. The molecule has 0 spiro atoms. The van der Waals surface area contributed by atoms with Crippen molar-refractivity contribution in [2.24, 2.45) is 0 Å². The van der Waals surface area contributed by atoms with Crippen LogP contribution in [0.3, 0.4) is 0 Å². The van der Waals surface area contributed by atoms with Gasteiger partial charge in [0, 0.05) is 51.6 Å². The molecule has 7 rings (SSSR count). The molecule has 7 aliphatic rings. The van der Waals surface area contributed by atoms with Crippen LogP contribution in [0.5, 0.6) is 0 Å². The molecule has 7 fully saturated rings. The summed E-state index contributed by atoms with van der Waals surface area (Å²) in [6.45, 7) is 17.7. The second-order valence-electron chi connectivity index (χ2n) is 30.1. The summed E-state index contributed by atoms with van der Waals surface area (Å²) in [5, 5.41) is 0. The fourth-order valence-corrected chi connectivity index (χ4v) is 82.8. The maximum absolute atomic E-state index is 14.7. The highest BCUT2D eigenvalue weighted by Gasteiger charge is 2.93. The first-order valence-corrected chi connectivity index (χ1v) is 69.8. The predicted octanol–water partition coefficient (Wildman–Crippen LogP) is 16.0. The van der Waals surface area contributed by atoms with Gasteiger partial charge in [-0.2, -0.15) is 92.2 Å². The van der Waals surface area contributed by atoms with Crippen LogP contribution in [0.4, 0.5) is 92.2 Å². The monoisotopic (exact) mass is 1800 g/mol. The Morgan fingerprint density at radius 2 is 0.392 bits per heavy atom. The summed E-state index contributed by atoms with van der Waals surface area (Å²) in [6.07, 6.45) is -48.0. The Hall–Kier alpha value is 1.12. The molecule has 0 N–H and O–H groups in total. The van der Waals surface area contributed by atoms with Gasteiger partial charge in [0.2, 0.25) is 0 Å². The number of hydrogen-bond acceptors (Lipinski definition) is 22. The predicted molar refractivity (Wildman–Crippen MR) is 346 cm³/mol. The van der Waals surface area contributed by atoms with E-state index >= 15 is 0 Å². The van der Waals surface area contributed by atoms with Crippen LogP contribution in [0.25, 0.3) is 0 Å². The lowest BCUT2D eigenvalue weighted by atomic mass is 10.5. The topological polar surface area (TPSA) is 206 Å². The molecule has 7 saturated heterocycles. The number of rotatable bonds is 36. The van der Waals surface area contributed by atoms with Crippen molar-refractivity contribution in [3.63, 3.8) is 0 Å². The zero-order chi connectivity index (χ0) is 78.1. The van der Waals surface area contributed by atoms with E-state index in [9.17, 15) is 92.2 Å². The van der Waals surface area contributed by atoms with Gasteiger partial charge in [0.15, 0.2) is 66.5 Å². The molecule has 102 heavy (non-hydrogen) atoms. The normalized spacial score (nSPS) is 30.7. The second-order valence-corrected chi connectivity index (χ2v) is 86.5. The highest BCUT2D eigenvalue weighted by atomic mass is 28.7. The molecule has 0 aliphatic carbocycles. The van der Waals surface area contributed by atoms with Gasteiger partial charge in [0.25, 0.3) is 0 Å². The van der Waals surface area contributed by atoms with E-state index in [4.69, 9.17) is 91.8 Å². The molecule has 7 heterocycles. The maximum Gasteiger partial charge on any atom is 0.651 e. The second kappa shape index (κ2) is 31.1. The number of epoxide rings is 1. The lowest BCUT2D eigenvalue weighted by Crippen LogP contribution is -2.93. The molecule has 1 atom stereocenters. The molecule has 8 bridgehead atoms. The van der Waals surface area contributed by atoms with Gasteiger partial charge in [0.1, 0.15) is 6.10 Å². The maximum atomic E-state index is 14.7. The lowest BCUT2D eigenvalue weighted by Gasteiger charge is -2.61. The van der Waals surface area contributed by atoms with Crippen LogP contribution >= 0.6 is 0 Å². The molecular weight excluding hydrogens is 1720 g/mol. The summed E-state index contributed by atoms with van der Waals surface area (Å²) in [5.74, 6) is 0. The minimum absolute atomic E-state index is 0.00215. The first-order valence-electron chi connectivity index (χ1n) is 31.9. The molecule has 0 radical (unpaired) electrons. The molecule has 59 heteroatoms. The SMILES string of the molecule is C[Si](C)(CCCOCC1CO1)O[Si]12O[Si]3(O[Si](C)(C)CCC(F)(F)F)O[Si]4(O[Si](C)(C)CCC(F)(F)F)O[Si](O[Si](C)(C)CCC(F)(F)F)(O1)O[Si]1(O[Si](C)(C)CCC(F)(F)F)O[Si](O[Si](C)(C)CCC(F)(F)F)(O2)O[Si](O[Si](C)(C)CCC(F)(F)F)(O3)O[Si](O[Si](C)(C)CCC(F)(F)F)(O4)O1. The third kappa shape index (κ3) is 30.6. The molecule has 602 valence electrons. The van der Waals surface area contributed by atoms with Gasteiger partial charge in [-0.3, -0.25) is 0 Å². The van der Waals surface area contributed by atoms with E-state index in [2.05, 4.69) is 0 Å². The smallest absolute Gasteiger partial charge is 0.395 e. The van der Waals surface area contributed by atoms with Crippen LogP contribution in [0.15, 0.2) is 0 Å². The molecule has 0 aromatic rings. The fraction of sp³-hybridized carbons (Fsp3) is 1.00. The van der Waals surface area contributed by atoms with E-state index < -0.39 is 269 Å². The summed E-state index contributed by atoms with van der Waals surface area (Å²) in [7, 11) is -91.5. The van der Waals surface area contributed by atoms with Crippen molar-refractivity contribution in [1.29, 1.82) is 0 Å². The van der Waals surface area contributed by atoms with E-state index in [0.717, 1.165) is 91.7 Å². The lowest BCUT2D eigenvalue weighted by molar-refractivity contribution is -0.141. The minimum atomic E-state index is -6.92. The molecule has 1 unspecified atom stereocenters. The first kappa shape index (κ1) is 92.0. The largest absolute Gasteiger partial charge is 0.651 e. The average molecular weight is 1800 g/mol. The zero-order valence-corrected chi connectivity index (χ0v) is 74.4. The Bertz CT molecular complexity index is 2560. The average Bonchev–Trinajstić information content (AvgIpc) is 0.733. The Morgan fingerprint density at radius 3 is 0.520 bits per heavy atom. The van der Waals surface area contributed by atoms with Gasteiger partial charge in [-0.15, -0.1) is 0 Å². The fourth-order valence-electron chi connectivity index (χ4n) is 10.0. The van der Waals surface area contributed by atoms with Crippen LogP contribution < -0.4 is 0 Å². The number of hydrogen-bond donors (Lipinski definition) is 0. The van der Waals surface area contributed by atoms with Crippen molar-refractivity contribution >= 4 is 139 Å². The van der Waals surface area contributed by atoms with Crippen molar-refractivity contribution in [1.82, 2.24) is 0 Å². The van der Waals surface area contributed by atoms with Crippen LogP contribution in [-0.4, -0.2) is 208 Å². The van der Waals surface area contributed by atoms with E-state index in [0.29, 0.717) is 6.61 Å². The minimum Gasteiger partial charge on any atom is -0.395 e. The summed E-state index contributed by atoms with van der Waals surface area (Å²) in [5.41, 5.74) is 0. The molecule has 7 aliphatic heterocycles. The van der Waals surface area contributed by atoms with Crippen LogP contribution in [0.1, 0.15) is 51.4 Å². The molecule has 0 aromatic carbocycles. The van der Waals surface area contributed by atoms with Crippen molar-refractivity contribution < 1.29 is 184 Å².